The second kappa shape index (κ2) is 8.75. The van der Waals surface area contributed by atoms with E-state index in [4.69, 9.17) is 21.1 Å². The van der Waals surface area contributed by atoms with E-state index in [1.165, 1.54) is 16.3 Å². The molecule has 0 amide bonds. The van der Waals surface area contributed by atoms with E-state index >= 15 is 0 Å². The fraction of sp³-hybridized carbons (Fsp3) is 0.304. The van der Waals surface area contributed by atoms with Crippen LogP contribution in [0.4, 0.5) is 0 Å². The van der Waals surface area contributed by atoms with Gasteiger partial charge < -0.3 is 14.8 Å². The molecule has 1 fully saturated rings. The van der Waals surface area contributed by atoms with Crippen LogP contribution in [0.25, 0.3) is 10.8 Å². The highest BCUT2D eigenvalue weighted by Gasteiger charge is 2.15. The molecule has 1 aliphatic rings. The van der Waals surface area contributed by atoms with Crippen LogP contribution in [0.3, 0.4) is 0 Å². The largest absolute Gasteiger partial charge is 0.489 e. The molecule has 1 atom stereocenters. The van der Waals surface area contributed by atoms with Gasteiger partial charge in [-0.25, -0.2) is 0 Å². The SMILES string of the molecule is Clc1ccc(COc2ccc3ccccc3c2CNC[C@@H]2CCCO2)cc1. The minimum absolute atomic E-state index is 0.332. The van der Waals surface area contributed by atoms with Crippen molar-refractivity contribution in [3.63, 3.8) is 0 Å². The lowest BCUT2D eigenvalue weighted by atomic mass is 10.0. The molecule has 140 valence electrons. The van der Waals surface area contributed by atoms with Gasteiger partial charge in [-0.15, -0.1) is 0 Å². The number of hydrogen-bond acceptors (Lipinski definition) is 3. The quantitative estimate of drug-likeness (QED) is 0.599. The van der Waals surface area contributed by atoms with Gasteiger partial charge in [0.2, 0.25) is 0 Å². The van der Waals surface area contributed by atoms with Crippen molar-refractivity contribution in [2.75, 3.05) is 13.2 Å². The second-order valence-corrected chi connectivity index (χ2v) is 7.38. The Bertz CT molecular complexity index is 889. The summed E-state index contributed by atoms with van der Waals surface area (Å²) in [6.45, 7) is 3.04. The van der Waals surface area contributed by atoms with Crippen molar-refractivity contribution in [1.82, 2.24) is 5.32 Å². The molecule has 0 radical (unpaired) electrons. The predicted molar refractivity (Wildman–Crippen MR) is 110 cm³/mol. The van der Waals surface area contributed by atoms with Crippen LogP contribution in [0.1, 0.15) is 24.0 Å². The van der Waals surface area contributed by atoms with Gasteiger partial charge in [-0.3, -0.25) is 0 Å². The lowest BCUT2D eigenvalue weighted by molar-refractivity contribution is 0.110. The molecular formula is C23H24ClNO2. The van der Waals surface area contributed by atoms with E-state index in [1.54, 1.807) is 0 Å². The zero-order valence-electron chi connectivity index (χ0n) is 15.3. The van der Waals surface area contributed by atoms with Crippen LogP contribution in [-0.2, 0) is 17.9 Å². The van der Waals surface area contributed by atoms with Crippen molar-refractivity contribution < 1.29 is 9.47 Å². The van der Waals surface area contributed by atoms with Gasteiger partial charge in [-0.05, 0) is 47.4 Å². The highest BCUT2D eigenvalue weighted by Crippen LogP contribution is 2.29. The number of benzene rings is 3. The van der Waals surface area contributed by atoms with E-state index in [2.05, 4.69) is 41.7 Å². The molecule has 0 spiro atoms. The molecule has 1 aliphatic heterocycles. The monoisotopic (exact) mass is 381 g/mol. The van der Waals surface area contributed by atoms with Crippen LogP contribution >= 0.6 is 11.6 Å². The van der Waals surface area contributed by atoms with Crippen LogP contribution < -0.4 is 10.1 Å². The summed E-state index contributed by atoms with van der Waals surface area (Å²) < 4.78 is 11.9. The fourth-order valence-electron chi connectivity index (χ4n) is 3.54. The Morgan fingerprint density at radius 3 is 2.70 bits per heavy atom. The first-order chi connectivity index (χ1) is 13.3. The van der Waals surface area contributed by atoms with E-state index < -0.39 is 0 Å². The maximum atomic E-state index is 6.18. The lowest BCUT2D eigenvalue weighted by Crippen LogP contribution is -2.26. The maximum absolute atomic E-state index is 6.18. The third-order valence-corrected chi connectivity index (χ3v) is 5.25. The molecular weight excluding hydrogens is 358 g/mol. The van der Waals surface area contributed by atoms with Gasteiger partial charge in [0.1, 0.15) is 12.4 Å². The number of nitrogens with one attached hydrogen (secondary N) is 1. The Morgan fingerprint density at radius 1 is 1.04 bits per heavy atom. The topological polar surface area (TPSA) is 30.5 Å². The minimum atomic E-state index is 0.332. The molecule has 0 aromatic heterocycles. The van der Waals surface area contributed by atoms with Gasteiger partial charge in [-0.1, -0.05) is 54.1 Å². The van der Waals surface area contributed by atoms with E-state index in [0.717, 1.165) is 48.9 Å². The van der Waals surface area contributed by atoms with Crippen LogP contribution in [0.5, 0.6) is 5.75 Å². The summed E-state index contributed by atoms with van der Waals surface area (Å²) in [4.78, 5) is 0. The Balaban J connectivity index is 1.51. The van der Waals surface area contributed by atoms with Crippen molar-refractivity contribution in [2.24, 2.45) is 0 Å². The molecule has 4 rings (SSSR count). The number of hydrogen-bond donors (Lipinski definition) is 1. The summed E-state index contributed by atoms with van der Waals surface area (Å²) in [5, 5.41) is 6.75. The molecule has 0 bridgehead atoms. The summed E-state index contributed by atoms with van der Waals surface area (Å²) in [7, 11) is 0. The first-order valence-corrected chi connectivity index (χ1v) is 9.87. The third-order valence-electron chi connectivity index (χ3n) is 5.00. The smallest absolute Gasteiger partial charge is 0.124 e. The van der Waals surface area contributed by atoms with Crippen LogP contribution in [0.2, 0.25) is 5.02 Å². The molecule has 1 saturated heterocycles. The fourth-order valence-corrected chi connectivity index (χ4v) is 3.66. The molecule has 3 aromatic rings. The third kappa shape index (κ3) is 4.62. The predicted octanol–water partition coefficient (Wildman–Crippen LogP) is 5.34. The van der Waals surface area contributed by atoms with Gasteiger partial charge >= 0.3 is 0 Å². The average molecular weight is 382 g/mol. The van der Waals surface area contributed by atoms with Gasteiger partial charge in [0.15, 0.2) is 0 Å². The summed E-state index contributed by atoms with van der Waals surface area (Å²) in [5.41, 5.74) is 2.30. The molecule has 3 nitrogen and oxygen atoms in total. The normalized spacial score (nSPS) is 16.7. The van der Waals surface area contributed by atoms with Crippen molar-refractivity contribution in [3.8, 4) is 5.75 Å². The molecule has 0 unspecified atom stereocenters. The van der Waals surface area contributed by atoms with Gasteiger partial charge in [-0.2, -0.15) is 0 Å². The van der Waals surface area contributed by atoms with Crippen molar-refractivity contribution in [2.45, 2.75) is 32.1 Å². The Hall–Kier alpha value is -2.07. The summed E-state index contributed by atoms with van der Waals surface area (Å²) in [6.07, 6.45) is 2.64. The van der Waals surface area contributed by atoms with Gasteiger partial charge in [0.05, 0.1) is 6.10 Å². The zero-order valence-corrected chi connectivity index (χ0v) is 16.0. The van der Waals surface area contributed by atoms with Crippen LogP contribution in [-0.4, -0.2) is 19.3 Å². The molecule has 0 aliphatic carbocycles. The molecule has 0 saturated carbocycles. The first-order valence-electron chi connectivity index (χ1n) is 9.50. The molecule has 27 heavy (non-hydrogen) atoms. The van der Waals surface area contributed by atoms with Crippen LogP contribution in [0, 0.1) is 0 Å². The summed E-state index contributed by atoms with van der Waals surface area (Å²) in [5.74, 6) is 0.920. The summed E-state index contributed by atoms with van der Waals surface area (Å²) >= 11 is 5.97. The maximum Gasteiger partial charge on any atom is 0.124 e. The minimum Gasteiger partial charge on any atom is -0.489 e. The van der Waals surface area contributed by atoms with Crippen molar-refractivity contribution in [1.29, 1.82) is 0 Å². The number of halogens is 1. The van der Waals surface area contributed by atoms with Gasteiger partial charge in [0, 0.05) is 30.3 Å². The summed E-state index contributed by atoms with van der Waals surface area (Å²) in [6, 6.07) is 20.4. The van der Waals surface area contributed by atoms with Gasteiger partial charge in [0.25, 0.3) is 0 Å². The van der Waals surface area contributed by atoms with Crippen molar-refractivity contribution in [3.05, 3.63) is 76.8 Å². The van der Waals surface area contributed by atoms with E-state index in [1.807, 2.05) is 24.3 Å². The highest BCUT2D eigenvalue weighted by molar-refractivity contribution is 6.30. The van der Waals surface area contributed by atoms with Crippen molar-refractivity contribution >= 4 is 22.4 Å². The Morgan fingerprint density at radius 2 is 1.89 bits per heavy atom. The molecule has 3 aromatic carbocycles. The van der Waals surface area contributed by atoms with E-state index in [0.29, 0.717) is 12.7 Å². The standard InChI is InChI=1S/C23H24ClNO2/c24-19-10-7-17(8-11-19)16-27-23-12-9-18-4-1-2-6-21(18)22(23)15-25-14-20-5-3-13-26-20/h1-2,4,6-12,20,25H,3,5,13-16H2/t20-/m0/s1. The molecule has 1 heterocycles. The highest BCUT2D eigenvalue weighted by atomic mass is 35.5. The first kappa shape index (κ1) is 18.3. The molecule has 1 N–H and O–H groups in total. The average Bonchev–Trinajstić information content (AvgIpc) is 3.22. The Labute approximate surface area is 165 Å². The number of rotatable bonds is 7. The number of fused-ring (bicyclic) bond motifs is 1. The van der Waals surface area contributed by atoms with E-state index in [9.17, 15) is 0 Å². The van der Waals surface area contributed by atoms with Crippen LogP contribution in [0.15, 0.2) is 60.7 Å². The zero-order chi connectivity index (χ0) is 18.5. The second-order valence-electron chi connectivity index (χ2n) is 6.94. The van der Waals surface area contributed by atoms with E-state index in [-0.39, 0.29) is 0 Å². The number of ether oxygens (including phenoxy) is 2. The Kier molecular flexibility index (Phi) is 5.93. The molecule has 4 heteroatoms. The lowest BCUT2D eigenvalue weighted by Gasteiger charge is -2.16.